The molecule has 0 spiro atoms. The molecule has 1 N–H and O–H groups in total. The number of aromatic amines is 1. The molecule has 0 bridgehead atoms. The zero-order valence-corrected chi connectivity index (χ0v) is 16.4. The van der Waals surface area contributed by atoms with Gasteiger partial charge in [-0.3, -0.25) is 4.79 Å². The van der Waals surface area contributed by atoms with E-state index in [4.69, 9.17) is 4.74 Å². The molecule has 6 heteroatoms. The summed E-state index contributed by atoms with van der Waals surface area (Å²) in [4.78, 5) is 22.2. The third-order valence-electron chi connectivity index (χ3n) is 5.27. The van der Waals surface area contributed by atoms with E-state index in [2.05, 4.69) is 9.97 Å². The molecule has 4 rings (SSSR count). The summed E-state index contributed by atoms with van der Waals surface area (Å²) in [6.45, 7) is 3.95. The molecule has 1 aromatic heterocycles. The molecule has 0 atom stereocenters. The van der Waals surface area contributed by atoms with Crippen molar-refractivity contribution >= 4 is 23.0 Å². The molecule has 1 fully saturated rings. The fourth-order valence-electron chi connectivity index (χ4n) is 3.68. The van der Waals surface area contributed by atoms with Gasteiger partial charge in [0.2, 0.25) is 5.91 Å². The van der Waals surface area contributed by atoms with E-state index in [1.807, 2.05) is 42.2 Å². The van der Waals surface area contributed by atoms with Crippen molar-refractivity contribution in [2.45, 2.75) is 25.7 Å². The number of halogens is 1. The number of ether oxygens (including phenoxy) is 1. The third kappa shape index (κ3) is 4.47. The molecule has 1 amide bonds. The normalized spacial score (nSPS) is 15.3. The first-order valence-electron chi connectivity index (χ1n) is 9.97. The summed E-state index contributed by atoms with van der Waals surface area (Å²) < 4.78 is 18.8. The minimum Gasteiger partial charge on any atom is -0.494 e. The summed E-state index contributed by atoms with van der Waals surface area (Å²) in [5, 5.41) is 0. The minimum atomic E-state index is -0.271. The zero-order valence-electron chi connectivity index (χ0n) is 16.4. The van der Waals surface area contributed by atoms with Crippen molar-refractivity contribution in [2.24, 2.45) is 0 Å². The van der Waals surface area contributed by atoms with Crippen molar-refractivity contribution in [1.82, 2.24) is 14.9 Å². The van der Waals surface area contributed by atoms with Gasteiger partial charge in [0.25, 0.3) is 0 Å². The van der Waals surface area contributed by atoms with Crippen LogP contribution < -0.4 is 4.74 Å². The van der Waals surface area contributed by atoms with Gasteiger partial charge in [-0.15, -0.1) is 0 Å². The molecule has 1 saturated heterocycles. The summed E-state index contributed by atoms with van der Waals surface area (Å²) in [5.41, 5.74) is 2.46. The van der Waals surface area contributed by atoms with Crippen molar-refractivity contribution in [2.75, 3.05) is 19.7 Å². The Hall–Kier alpha value is -3.15. The Balaban J connectivity index is 1.34. The maximum atomic E-state index is 13.4. The first-order chi connectivity index (χ1) is 14.1. The Labute approximate surface area is 169 Å². The topological polar surface area (TPSA) is 58.2 Å². The van der Waals surface area contributed by atoms with Gasteiger partial charge in [0, 0.05) is 25.1 Å². The predicted octanol–water partition coefficient (Wildman–Crippen LogP) is 4.52. The lowest BCUT2D eigenvalue weighted by Gasteiger charge is -2.30. The molecule has 0 radical (unpaired) electrons. The molecule has 150 valence electrons. The smallest absolute Gasteiger partial charge is 0.246 e. The third-order valence-corrected chi connectivity index (χ3v) is 5.27. The van der Waals surface area contributed by atoms with Gasteiger partial charge >= 0.3 is 0 Å². The molecule has 1 aliphatic rings. The number of hydrogen-bond donors (Lipinski definition) is 1. The highest BCUT2D eigenvalue weighted by molar-refractivity contribution is 5.91. The molecular formula is C23H24FN3O2. The largest absolute Gasteiger partial charge is 0.494 e. The second-order valence-electron chi connectivity index (χ2n) is 7.22. The van der Waals surface area contributed by atoms with E-state index in [1.54, 1.807) is 12.1 Å². The molecule has 29 heavy (non-hydrogen) atoms. The van der Waals surface area contributed by atoms with Crippen molar-refractivity contribution < 1.29 is 13.9 Å². The van der Waals surface area contributed by atoms with Crippen LogP contribution in [-0.4, -0.2) is 40.5 Å². The van der Waals surface area contributed by atoms with Crippen molar-refractivity contribution in [1.29, 1.82) is 0 Å². The Bertz CT molecular complexity index is 1020. The Morgan fingerprint density at radius 1 is 1.24 bits per heavy atom. The summed E-state index contributed by atoms with van der Waals surface area (Å²) in [7, 11) is 0. The first kappa shape index (κ1) is 19.2. The van der Waals surface area contributed by atoms with Gasteiger partial charge < -0.3 is 14.6 Å². The van der Waals surface area contributed by atoms with Crippen LogP contribution in [-0.2, 0) is 4.79 Å². The van der Waals surface area contributed by atoms with E-state index in [0.717, 1.165) is 41.0 Å². The molecular weight excluding hydrogens is 369 g/mol. The number of imidazole rings is 1. The van der Waals surface area contributed by atoms with Gasteiger partial charge in [0.15, 0.2) is 0 Å². The van der Waals surface area contributed by atoms with Crippen molar-refractivity contribution in [3.05, 3.63) is 65.7 Å². The van der Waals surface area contributed by atoms with Gasteiger partial charge in [0.1, 0.15) is 17.4 Å². The molecule has 3 aromatic rings. The van der Waals surface area contributed by atoms with Crippen molar-refractivity contribution in [3.63, 3.8) is 0 Å². The molecule has 1 aliphatic heterocycles. The second kappa shape index (κ2) is 8.47. The number of fused-ring (bicyclic) bond motifs is 1. The minimum absolute atomic E-state index is 0.0176. The van der Waals surface area contributed by atoms with Crippen LogP contribution in [0.25, 0.3) is 17.1 Å². The van der Waals surface area contributed by atoms with Gasteiger partial charge in [-0.2, -0.15) is 0 Å². The Kier molecular flexibility index (Phi) is 5.60. The first-order valence-corrected chi connectivity index (χ1v) is 9.97. The Morgan fingerprint density at radius 3 is 2.72 bits per heavy atom. The van der Waals surface area contributed by atoms with Gasteiger partial charge in [-0.05, 0) is 61.7 Å². The van der Waals surface area contributed by atoms with Crippen LogP contribution in [0, 0.1) is 5.82 Å². The molecule has 5 nitrogen and oxygen atoms in total. The number of nitrogens with zero attached hydrogens (tertiary/aromatic N) is 2. The lowest BCUT2D eigenvalue weighted by molar-refractivity contribution is -0.127. The van der Waals surface area contributed by atoms with Crippen molar-refractivity contribution in [3.8, 4) is 5.75 Å². The summed E-state index contributed by atoms with van der Waals surface area (Å²) in [5.74, 6) is 1.70. The number of aromatic nitrogens is 2. The zero-order chi connectivity index (χ0) is 20.2. The van der Waals surface area contributed by atoms with E-state index in [1.165, 1.54) is 12.1 Å². The van der Waals surface area contributed by atoms with E-state index in [0.29, 0.717) is 19.7 Å². The maximum Gasteiger partial charge on any atom is 0.246 e. The number of nitrogens with one attached hydrogen (secondary N) is 1. The highest BCUT2D eigenvalue weighted by Gasteiger charge is 2.24. The van der Waals surface area contributed by atoms with Crippen LogP contribution in [0.1, 0.15) is 37.1 Å². The van der Waals surface area contributed by atoms with E-state index in [9.17, 15) is 9.18 Å². The summed E-state index contributed by atoms with van der Waals surface area (Å²) in [6, 6.07) is 12.3. The SMILES string of the molecule is CCOc1ccc(/C=C/C(=O)N2CCC(c3nc4ccc(F)cc4[nH]3)CC2)cc1. The molecule has 0 saturated carbocycles. The fourth-order valence-corrected chi connectivity index (χ4v) is 3.68. The number of benzene rings is 2. The number of piperidine rings is 1. The van der Waals surface area contributed by atoms with E-state index < -0.39 is 0 Å². The number of H-pyrrole nitrogens is 1. The van der Waals surface area contributed by atoms with Gasteiger partial charge in [0.05, 0.1) is 17.6 Å². The van der Waals surface area contributed by atoms with Gasteiger partial charge in [-0.1, -0.05) is 12.1 Å². The van der Waals surface area contributed by atoms with Crippen LogP contribution in [0.4, 0.5) is 4.39 Å². The lowest BCUT2D eigenvalue weighted by atomic mass is 9.96. The van der Waals surface area contributed by atoms with Crippen LogP contribution >= 0.6 is 0 Å². The number of carbonyl (C=O) groups excluding carboxylic acids is 1. The Morgan fingerprint density at radius 2 is 2.00 bits per heavy atom. The maximum absolute atomic E-state index is 13.4. The van der Waals surface area contributed by atoms with Crippen LogP contribution in [0.5, 0.6) is 5.75 Å². The summed E-state index contributed by atoms with van der Waals surface area (Å²) >= 11 is 0. The molecule has 0 unspecified atom stereocenters. The van der Waals surface area contributed by atoms with E-state index in [-0.39, 0.29) is 17.6 Å². The molecule has 2 heterocycles. The lowest BCUT2D eigenvalue weighted by Crippen LogP contribution is -2.37. The number of amides is 1. The van der Waals surface area contributed by atoms with E-state index >= 15 is 0 Å². The summed E-state index contributed by atoms with van der Waals surface area (Å²) in [6.07, 6.45) is 5.13. The van der Waals surface area contributed by atoms with Crippen LogP contribution in [0.2, 0.25) is 0 Å². The highest BCUT2D eigenvalue weighted by atomic mass is 19.1. The monoisotopic (exact) mass is 393 g/mol. The number of carbonyl (C=O) groups is 1. The predicted molar refractivity (Wildman–Crippen MR) is 111 cm³/mol. The quantitative estimate of drug-likeness (QED) is 0.649. The average molecular weight is 393 g/mol. The number of hydrogen-bond acceptors (Lipinski definition) is 3. The second-order valence-corrected chi connectivity index (χ2v) is 7.22. The van der Waals surface area contributed by atoms with Crippen LogP contribution in [0.3, 0.4) is 0 Å². The molecule has 0 aliphatic carbocycles. The number of likely N-dealkylation sites (tertiary alicyclic amines) is 1. The van der Waals surface area contributed by atoms with Gasteiger partial charge in [-0.25, -0.2) is 9.37 Å². The fraction of sp³-hybridized carbons (Fsp3) is 0.304. The standard InChI is InChI=1S/C23H24FN3O2/c1-2-29-19-7-3-16(4-8-19)5-10-22(28)27-13-11-17(12-14-27)23-25-20-9-6-18(24)15-21(20)26-23/h3-10,15,17H,2,11-14H2,1H3,(H,25,26)/b10-5+. The highest BCUT2D eigenvalue weighted by Crippen LogP contribution is 2.28. The average Bonchev–Trinajstić information content (AvgIpc) is 3.16. The van der Waals surface area contributed by atoms with Crippen LogP contribution in [0.15, 0.2) is 48.5 Å². The number of rotatable bonds is 5. The molecule has 2 aromatic carbocycles.